The third-order valence-electron chi connectivity index (χ3n) is 2.52. The van der Waals surface area contributed by atoms with Gasteiger partial charge in [-0.1, -0.05) is 12.1 Å². The number of benzene rings is 1. The lowest BCUT2D eigenvalue weighted by molar-refractivity contribution is 0.627. The molecule has 6 heteroatoms. The van der Waals surface area contributed by atoms with Gasteiger partial charge in [-0.05, 0) is 18.2 Å². The lowest BCUT2D eigenvalue weighted by Crippen LogP contribution is -2.21. The van der Waals surface area contributed by atoms with Gasteiger partial charge < -0.3 is 10.6 Å². The Kier molecular flexibility index (Phi) is 3.18. The lowest BCUT2D eigenvalue weighted by atomic mass is 10.2. The molecule has 0 radical (unpaired) electrons. The molecule has 0 aliphatic carbocycles. The molecule has 1 heterocycles. The van der Waals surface area contributed by atoms with E-state index < -0.39 is 0 Å². The number of para-hydroxylation sites is 1. The van der Waals surface area contributed by atoms with Gasteiger partial charge in [0.05, 0.1) is 17.4 Å². The standard InChI is InChI=1S/C12H12FN5/c1-18(10-5-3-2-4-9(10)13)12-8(11(14)15)6-7-16-17-12/h2-7H,1H3,(H3,14,15). The first-order valence-electron chi connectivity index (χ1n) is 5.25. The summed E-state index contributed by atoms with van der Waals surface area (Å²) in [6, 6.07) is 7.87. The first kappa shape index (κ1) is 12.0. The van der Waals surface area contributed by atoms with E-state index in [0.29, 0.717) is 17.1 Å². The highest BCUT2D eigenvalue weighted by molar-refractivity contribution is 6.00. The quantitative estimate of drug-likeness (QED) is 0.636. The largest absolute Gasteiger partial charge is 0.384 e. The summed E-state index contributed by atoms with van der Waals surface area (Å²) >= 11 is 0. The molecule has 0 atom stereocenters. The van der Waals surface area contributed by atoms with Gasteiger partial charge in [0.15, 0.2) is 5.82 Å². The summed E-state index contributed by atoms with van der Waals surface area (Å²) in [6.07, 6.45) is 1.44. The van der Waals surface area contributed by atoms with Gasteiger partial charge in [-0.3, -0.25) is 5.41 Å². The number of aromatic nitrogens is 2. The average molecular weight is 245 g/mol. The van der Waals surface area contributed by atoms with Crippen molar-refractivity contribution >= 4 is 17.3 Å². The monoisotopic (exact) mass is 245 g/mol. The van der Waals surface area contributed by atoms with Crippen molar-refractivity contribution in [1.29, 1.82) is 5.41 Å². The number of amidine groups is 1. The van der Waals surface area contributed by atoms with E-state index in [-0.39, 0.29) is 11.7 Å². The van der Waals surface area contributed by atoms with Gasteiger partial charge in [-0.25, -0.2) is 4.39 Å². The van der Waals surface area contributed by atoms with Gasteiger partial charge >= 0.3 is 0 Å². The van der Waals surface area contributed by atoms with Crippen molar-refractivity contribution in [1.82, 2.24) is 10.2 Å². The van der Waals surface area contributed by atoms with Crippen molar-refractivity contribution in [2.24, 2.45) is 5.73 Å². The molecule has 0 bridgehead atoms. The first-order chi connectivity index (χ1) is 8.61. The molecular weight excluding hydrogens is 233 g/mol. The predicted molar refractivity (Wildman–Crippen MR) is 67.5 cm³/mol. The zero-order chi connectivity index (χ0) is 13.1. The molecule has 0 saturated carbocycles. The normalized spacial score (nSPS) is 10.1. The van der Waals surface area contributed by atoms with Crippen LogP contribution in [-0.4, -0.2) is 23.1 Å². The Labute approximate surface area is 104 Å². The Balaban J connectivity index is 2.50. The predicted octanol–water partition coefficient (Wildman–Crippen LogP) is 1.67. The summed E-state index contributed by atoms with van der Waals surface area (Å²) in [5.74, 6) is -0.168. The van der Waals surface area contributed by atoms with Crippen LogP contribution in [0.4, 0.5) is 15.9 Å². The van der Waals surface area contributed by atoms with Crippen LogP contribution in [0.1, 0.15) is 5.56 Å². The maximum absolute atomic E-state index is 13.7. The molecule has 0 aliphatic heterocycles. The number of hydrogen-bond donors (Lipinski definition) is 2. The molecular formula is C12H12FN5. The molecule has 18 heavy (non-hydrogen) atoms. The van der Waals surface area contributed by atoms with Gasteiger partial charge in [0.25, 0.3) is 0 Å². The van der Waals surface area contributed by atoms with Gasteiger partial charge in [0.1, 0.15) is 11.7 Å². The van der Waals surface area contributed by atoms with Crippen LogP contribution in [0.3, 0.4) is 0 Å². The maximum atomic E-state index is 13.7. The topological polar surface area (TPSA) is 78.9 Å². The van der Waals surface area contributed by atoms with E-state index in [0.717, 1.165) is 0 Å². The molecule has 1 aromatic heterocycles. The molecule has 0 aliphatic rings. The smallest absolute Gasteiger partial charge is 0.166 e. The zero-order valence-corrected chi connectivity index (χ0v) is 9.76. The maximum Gasteiger partial charge on any atom is 0.166 e. The van der Waals surface area contributed by atoms with Crippen LogP contribution in [-0.2, 0) is 0 Å². The third-order valence-corrected chi connectivity index (χ3v) is 2.52. The summed E-state index contributed by atoms with van der Waals surface area (Å²) in [5.41, 5.74) is 6.22. The number of nitrogens with one attached hydrogen (secondary N) is 1. The number of rotatable bonds is 3. The average Bonchev–Trinajstić information content (AvgIpc) is 2.38. The van der Waals surface area contributed by atoms with Crippen LogP contribution in [0.25, 0.3) is 0 Å². The molecule has 2 rings (SSSR count). The van der Waals surface area contributed by atoms with E-state index in [2.05, 4.69) is 10.2 Å². The molecule has 2 aromatic rings. The second-order valence-electron chi connectivity index (χ2n) is 3.69. The molecule has 3 N–H and O–H groups in total. The van der Waals surface area contributed by atoms with Crippen LogP contribution in [0.2, 0.25) is 0 Å². The molecule has 5 nitrogen and oxygen atoms in total. The van der Waals surface area contributed by atoms with Crippen LogP contribution < -0.4 is 10.6 Å². The van der Waals surface area contributed by atoms with E-state index in [1.54, 1.807) is 31.3 Å². The Hall–Kier alpha value is -2.50. The van der Waals surface area contributed by atoms with E-state index in [4.69, 9.17) is 11.1 Å². The fourth-order valence-electron chi connectivity index (χ4n) is 1.62. The summed E-state index contributed by atoms with van der Waals surface area (Å²) < 4.78 is 13.7. The van der Waals surface area contributed by atoms with Crippen molar-refractivity contribution < 1.29 is 4.39 Å². The number of halogens is 1. The number of anilines is 2. The minimum absolute atomic E-state index is 0.136. The first-order valence-corrected chi connectivity index (χ1v) is 5.25. The summed E-state index contributed by atoms with van der Waals surface area (Å²) in [5, 5.41) is 15.1. The fourth-order valence-corrected chi connectivity index (χ4v) is 1.62. The van der Waals surface area contributed by atoms with Crippen LogP contribution in [0, 0.1) is 11.2 Å². The third kappa shape index (κ3) is 2.13. The molecule has 92 valence electrons. The lowest BCUT2D eigenvalue weighted by Gasteiger charge is -2.20. The van der Waals surface area contributed by atoms with Crippen molar-refractivity contribution in [2.75, 3.05) is 11.9 Å². The van der Waals surface area contributed by atoms with Crippen LogP contribution in [0.5, 0.6) is 0 Å². The van der Waals surface area contributed by atoms with Gasteiger partial charge in [-0.15, -0.1) is 5.10 Å². The molecule has 0 saturated heterocycles. The van der Waals surface area contributed by atoms with E-state index in [1.807, 2.05) is 0 Å². The van der Waals surface area contributed by atoms with Gasteiger partial charge in [0.2, 0.25) is 0 Å². The Morgan fingerprint density at radius 2 is 2.06 bits per heavy atom. The summed E-state index contributed by atoms with van der Waals surface area (Å²) in [4.78, 5) is 1.51. The zero-order valence-electron chi connectivity index (χ0n) is 9.76. The van der Waals surface area contributed by atoms with Crippen LogP contribution in [0.15, 0.2) is 36.5 Å². The SMILES string of the molecule is CN(c1ccccc1F)c1nnccc1C(=N)N. The van der Waals surface area contributed by atoms with Gasteiger partial charge in [-0.2, -0.15) is 5.10 Å². The number of nitrogen functional groups attached to an aromatic ring is 1. The van der Waals surface area contributed by atoms with E-state index in [1.165, 1.54) is 17.2 Å². The molecule has 0 unspecified atom stereocenters. The van der Waals surface area contributed by atoms with Crippen molar-refractivity contribution in [3.8, 4) is 0 Å². The Morgan fingerprint density at radius 1 is 1.33 bits per heavy atom. The van der Waals surface area contributed by atoms with Crippen molar-refractivity contribution in [3.05, 3.63) is 47.9 Å². The molecule has 0 fully saturated rings. The highest BCUT2D eigenvalue weighted by atomic mass is 19.1. The highest BCUT2D eigenvalue weighted by Crippen LogP contribution is 2.26. The van der Waals surface area contributed by atoms with Crippen molar-refractivity contribution in [3.63, 3.8) is 0 Å². The molecule has 1 aromatic carbocycles. The van der Waals surface area contributed by atoms with Crippen molar-refractivity contribution in [2.45, 2.75) is 0 Å². The number of nitrogens with two attached hydrogens (primary N) is 1. The number of hydrogen-bond acceptors (Lipinski definition) is 4. The van der Waals surface area contributed by atoms with Gasteiger partial charge in [0, 0.05) is 7.05 Å². The van der Waals surface area contributed by atoms with Crippen LogP contribution >= 0.6 is 0 Å². The minimum Gasteiger partial charge on any atom is -0.384 e. The van der Waals surface area contributed by atoms with E-state index >= 15 is 0 Å². The Bertz CT molecular complexity index is 584. The summed E-state index contributed by atoms with van der Waals surface area (Å²) in [6.45, 7) is 0. The van der Waals surface area contributed by atoms with E-state index in [9.17, 15) is 4.39 Å². The summed E-state index contributed by atoms with van der Waals surface area (Å²) in [7, 11) is 1.65. The molecule has 0 amide bonds. The fraction of sp³-hybridized carbons (Fsp3) is 0.0833. The Morgan fingerprint density at radius 3 is 2.72 bits per heavy atom. The minimum atomic E-state index is -0.375. The highest BCUT2D eigenvalue weighted by Gasteiger charge is 2.15. The number of nitrogens with zero attached hydrogens (tertiary/aromatic N) is 3. The second kappa shape index (κ2) is 4.79. The second-order valence-corrected chi connectivity index (χ2v) is 3.69. The molecule has 0 spiro atoms.